The number of anilines is 2. The predicted molar refractivity (Wildman–Crippen MR) is 148 cm³/mol. The maximum atomic E-state index is 15.2. The number of hydrogen-bond donors (Lipinski definition) is 0. The van der Waals surface area contributed by atoms with E-state index in [1.54, 1.807) is 55.1 Å². The molecular weight excluding hydrogens is 540 g/mol. The summed E-state index contributed by atoms with van der Waals surface area (Å²) in [5.41, 5.74) is 3.81. The Morgan fingerprint density at radius 2 is 1.80 bits per heavy atom. The number of benzene rings is 2. The second-order valence-corrected chi connectivity index (χ2v) is 10.1. The van der Waals surface area contributed by atoms with E-state index in [2.05, 4.69) is 14.7 Å². The van der Waals surface area contributed by atoms with Crippen LogP contribution >= 0.6 is 0 Å². The summed E-state index contributed by atoms with van der Waals surface area (Å²) in [4.78, 5) is 17.2. The molecule has 216 valence electrons. The van der Waals surface area contributed by atoms with Crippen molar-refractivity contribution in [2.24, 2.45) is 0 Å². The summed E-state index contributed by atoms with van der Waals surface area (Å²) in [5, 5.41) is 4.41. The van der Waals surface area contributed by atoms with Crippen LogP contribution in [0.2, 0.25) is 0 Å². The molecule has 0 radical (unpaired) electrons. The second kappa shape index (κ2) is 11.3. The maximum absolute atomic E-state index is 15.2. The Kier molecular flexibility index (Phi) is 7.79. The number of fused-ring (bicyclic) bond motifs is 1. The highest BCUT2D eigenvalue weighted by Gasteiger charge is 2.31. The van der Waals surface area contributed by atoms with Gasteiger partial charge in [0, 0.05) is 50.0 Å². The number of carbonyl (C=O) groups is 1. The highest BCUT2D eigenvalue weighted by atomic mass is 19.4. The molecule has 11 heteroatoms. The largest absolute Gasteiger partial charge is 0.573 e. The van der Waals surface area contributed by atoms with Crippen LogP contribution in [-0.4, -0.2) is 54.5 Å². The molecule has 0 N–H and O–H groups in total. The number of rotatable bonds is 8. The van der Waals surface area contributed by atoms with E-state index in [0.717, 1.165) is 11.3 Å². The van der Waals surface area contributed by atoms with Gasteiger partial charge in [-0.25, -0.2) is 8.91 Å². The Morgan fingerprint density at radius 1 is 1.05 bits per heavy atom. The minimum atomic E-state index is -4.74. The fourth-order valence-corrected chi connectivity index (χ4v) is 5.36. The number of ketones is 1. The summed E-state index contributed by atoms with van der Waals surface area (Å²) in [6, 6.07) is 14.4. The van der Waals surface area contributed by atoms with Crippen molar-refractivity contribution in [3.05, 3.63) is 83.4 Å². The van der Waals surface area contributed by atoms with Crippen LogP contribution in [0.15, 0.2) is 60.8 Å². The molecule has 0 amide bonds. The van der Waals surface area contributed by atoms with E-state index < -0.39 is 6.36 Å². The van der Waals surface area contributed by atoms with E-state index in [0.29, 0.717) is 54.3 Å². The molecule has 1 saturated heterocycles. The van der Waals surface area contributed by atoms with E-state index in [4.69, 9.17) is 4.74 Å². The van der Waals surface area contributed by atoms with Gasteiger partial charge in [-0.05, 0) is 68.3 Å². The molecule has 1 aliphatic heterocycles. The first-order valence-corrected chi connectivity index (χ1v) is 13.2. The van der Waals surface area contributed by atoms with Gasteiger partial charge in [0.15, 0.2) is 5.78 Å². The van der Waals surface area contributed by atoms with E-state index in [9.17, 15) is 18.0 Å². The Bertz CT molecular complexity index is 1550. The lowest BCUT2D eigenvalue weighted by molar-refractivity contribution is -0.274. The highest BCUT2D eigenvalue weighted by molar-refractivity contribution is 6.03. The molecule has 2 aromatic carbocycles. The lowest BCUT2D eigenvalue weighted by Crippen LogP contribution is -2.52. The first kappa shape index (κ1) is 28.3. The summed E-state index contributed by atoms with van der Waals surface area (Å²) in [6.45, 7) is 5.42. The van der Waals surface area contributed by atoms with Gasteiger partial charge >= 0.3 is 6.36 Å². The predicted octanol–water partition coefficient (Wildman–Crippen LogP) is 6.22. The standard InChI is InChI=1S/C30H30F4N4O3/c1-19-18-36(14-15-37(19)22-6-8-23(9-7-22)41-30(32,33)34)26-10-4-21(16-25(26)31)5-11-28(39)29-20(2)35-38-13-12-24(40-3)17-27(29)38/h4,6-10,12-13,16-17,19H,5,11,14-15,18H2,1-3H3/t19-/m1/s1. The van der Waals surface area contributed by atoms with Crippen LogP contribution in [0.3, 0.4) is 0 Å². The van der Waals surface area contributed by atoms with Crippen molar-refractivity contribution in [2.45, 2.75) is 39.1 Å². The zero-order valence-electron chi connectivity index (χ0n) is 22.9. The second-order valence-electron chi connectivity index (χ2n) is 10.1. The lowest BCUT2D eigenvalue weighted by atomic mass is 10.0. The third-order valence-electron chi connectivity index (χ3n) is 7.32. The van der Waals surface area contributed by atoms with Crippen LogP contribution < -0.4 is 19.3 Å². The number of alkyl halides is 3. The van der Waals surface area contributed by atoms with Crippen molar-refractivity contribution in [3.8, 4) is 11.5 Å². The number of nitrogens with zero attached hydrogens (tertiary/aromatic N) is 4. The van der Waals surface area contributed by atoms with Crippen molar-refractivity contribution >= 4 is 22.7 Å². The molecular formula is C30H30F4N4O3. The molecule has 0 bridgehead atoms. The molecule has 7 nitrogen and oxygen atoms in total. The maximum Gasteiger partial charge on any atom is 0.573 e. The van der Waals surface area contributed by atoms with Gasteiger partial charge < -0.3 is 19.3 Å². The smallest absolute Gasteiger partial charge is 0.497 e. The summed E-state index contributed by atoms with van der Waals surface area (Å²) in [7, 11) is 1.56. The van der Waals surface area contributed by atoms with Crippen LogP contribution in [0, 0.1) is 12.7 Å². The Labute approximate surface area is 234 Å². The number of carbonyl (C=O) groups excluding carboxylic acids is 1. The van der Waals surface area contributed by atoms with E-state index >= 15 is 4.39 Å². The van der Waals surface area contributed by atoms with Crippen LogP contribution in [0.4, 0.5) is 28.9 Å². The normalized spacial score (nSPS) is 15.8. The van der Waals surface area contributed by atoms with Gasteiger partial charge in [0.05, 0.1) is 29.6 Å². The molecule has 41 heavy (non-hydrogen) atoms. The molecule has 4 aromatic rings. The number of Topliss-reactive ketones (excluding diaryl/α,β-unsaturated/α-hetero) is 1. The molecule has 0 saturated carbocycles. The van der Waals surface area contributed by atoms with Gasteiger partial charge in [-0.15, -0.1) is 13.2 Å². The van der Waals surface area contributed by atoms with Crippen molar-refractivity contribution in [1.82, 2.24) is 9.61 Å². The number of piperazine rings is 1. The first-order chi connectivity index (χ1) is 19.5. The molecule has 2 aromatic heterocycles. The number of pyridine rings is 1. The third-order valence-corrected chi connectivity index (χ3v) is 7.32. The molecule has 5 rings (SSSR count). The van der Waals surface area contributed by atoms with Crippen molar-refractivity contribution in [1.29, 1.82) is 0 Å². The van der Waals surface area contributed by atoms with E-state index in [1.807, 2.05) is 17.9 Å². The van der Waals surface area contributed by atoms with Gasteiger partial charge in [0.1, 0.15) is 17.3 Å². The van der Waals surface area contributed by atoms with Crippen LogP contribution in [-0.2, 0) is 6.42 Å². The van der Waals surface area contributed by atoms with Crippen LogP contribution in [0.5, 0.6) is 11.5 Å². The molecule has 1 atom stereocenters. The molecule has 0 aliphatic carbocycles. The van der Waals surface area contributed by atoms with Gasteiger partial charge in [-0.1, -0.05) is 6.07 Å². The molecule has 0 unspecified atom stereocenters. The number of halogens is 4. The van der Waals surface area contributed by atoms with E-state index in [1.165, 1.54) is 18.2 Å². The van der Waals surface area contributed by atoms with Crippen LogP contribution in [0.25, 0.3) is 5.52 Å². The van der Waals surface area contributed by atoms with Crippen molar-refractivity contribution in [2.75, 3.05) is 36.5 Å². The number of methoxy groups -OCH3 is 1. The van der Waals surface area contributed by atoms with Gasteiger partial charge in [0.25, 0.3) is 0 Å². The minimum absolute atomic E-state index is 0.0115. The highest BCUT2D eigenvalue weighted by Crippen LogP contribution is 2.30. The number of hydrogen-bond acceptors (Lipinski definition) is 6. The summed E-state index contributed by atoms with van der Waals surface area (Å²) >= 11 is 0. The monoisotopic (exact) mass is 570 g/mol. The SMILES string of the molecule is COc1ccn2nc(C)c(C(=O)CCc3ccc(N4CCN(c5ccc(OC(F)(F)F)cc5)[C@H](C)C4)c(F)c3)c2c1. The van der Waals surface area contributed by atoms with Crippen molar-refractivity contribution in [3.63, 3.8) is 0 Å². The number of aryl methyl sites for hydroxylation is 2. The zero-order chi connectivity index (χ0) is 29.3. The minimum Gasteiger partial charge on any atom is -0.497 e. The fraction of sp³-hybridized carbons (Fsp3) is 0.333. The Balaban J connectivity index is 1.21. The zero-order valence-corrected chi connectivity index (χ0v) is 22.9. The molecule has 0 spiro atoms. The quantitative estimate of drug-likeness (QED) is 0.185. The average Bonchev–Trinajstić information content (AvgIpc) is 3.26. The first-order valence-electron chi connectivity index (χ1n) is 13.2. The fourth-order valence-electron chi connectivity index (χ4n) is 5.36. The number of ether oxygens (including phenoxy) is 2. The summed E-state index contributed by atoms with van der Waals surface area (Å²) in [6.07, 6.45) is -2.40. The summed E-state index contributed by atoms with van der Waals surface area (Å²) in [5.74, 6) is -0.0718. The Morgan fingerprint density at radius 3 is 2.46 bits per heavy atom. The summed E-state index contributed by atoms with van der Waals surface area (Å²) < 4.78 is 63.5. The Hall–Kier alpha value is -4.28. The average molecular weight is 571 g/mol. The molecule has 1 fully saturated rings. The van der Waals surface area contributed by atoms with Crippen LogP contribution in [0.1, 0.15) is 35.0 Å². The third kappa shape index (κ3) is 6.23. The topological polar surface area (TPSA) is 59.3 Å². The van der Waals surface area contributed by atoms with E-state index in [-0.39, 0.29) is 29.8 Å². The molecule has 1 aliphatic rings. The number of aromatic nitrogens is 2. The molecule has 3 heterocycles. The van der Waals surface area contributed by atoms with Gasteiger partial charge in [-0.2, -0.15) is 5.10 Å². The van der Waals surface area contributed by atoms with Crippen molar-refractivity contribution < 1.29 is 31.8 Å². The van der Waals surface area contributed by atoms with Gasteiger partial charge in [-0.3, -0.25) is 4.79 Å². The lowest BCUT2D eigenvalue weighted by Gasteiger charge is -2.42. The van der Waals surface area contributed by atoms with Gasteiger partial charge in [0.2, 0.25) is 0 Å².